The maximum absolute atomic E-state index is 15.8. The van der Waals surface area contributed by atoms with Crippen molar-refractivity contribution in [3.63, 3.8) is 0 Å². The molecule has 0 saturated carbocycles. The molecular formula is C29H29ClFN7O2. The second-order valence-corrected chi connectivity index (χ2v) is 10.6. The fourth-order valence-corrected chi connectivity index (χ4v) is 5.80. The third kappa shape index (κ3) is 4.72. The molecule has 5 rings (SSSR count). The van der Waals surface area contributed by atoms with E-state index < -0.39 is 22.3 Å². The van der Waals surface area contributed by atoms with Crippen LogP contribution in [0.15, 0.2) is 77.3 Å². The van der Waals surface area contributed by atoms with Crippen LogP contribution in [-0.2, 0) is 15.3 Å². The molecule has 1 aliphatic carbocycles. The van der Waals surface area contributed by atoms with Crippen molar-refractivity contribution >= 4 is 23.2 Å². The smallest absolute Gasteiger partial charge is 0.267 e. The molecule has 3 N–H and O–H groups in total. The Kier molecular flexibility index (Phi) is 7.36. The van der Waals surface area contributed by atoms with Gasteiger partial charge in [0.05, 0.1) is 29.2 Å². The van der Waals surface area contributed by atoms with E-state index in [1.807, 2.05) is 0 Å². The normalized spacial score (nSPS) is 24.8. The number of benzene rings is 1. The molecule has 0 bridgehead atoms. The van der Waals surface area contributed by atoms with Gasteiger partial charge < -0.3 is 25.6 Å². The van der Waals surface area contributed by atoms with Crippen LogP contribution >= 0.6 is 11.6 Å². The van der Waals surface area contributed by atoms with Gasteiger partial charge in [-0.25, -0.2) is 9.38 Å². The number of likely N-dealkylation sites (N-methyl/N-ethyl adjacent to an activating group) is 1. The van der Waals surface area contributed by atoms with Crippen molar-refractivity contribution in [1.82, 2.24) is 20.1 Å². The third-order valence-corrected chi connectivity index (χ3v) is 8.01. The van der Waals surface area contributed by atoms with Crippen molar-refractivity contribution in [2.24, 2.45) is 10.7 Å². The van der Waals surface area contributed by atoms with Crippen LogP contribution in [0.5, 0.6) is 5.75 Å². The van der Waals surface area contributed by atoms with E-state index in [0.29, 0.717) is 29.8 Å². The molecule has 2 atom stereocenters. The standard InChI is InChI=1S/C29H29ClFN7O2/c1-37-12-14-38(15-13-37)24-16-28(30,21-18-34-10-7-19(21)17-32)9-6-20(24)29(35-11-8-23(36-29)27(33)39)26-22(31)4-3-5-25(26)40-2/h3-11,18,35H,12-16H2,1-2H3,(H2,33,39). The SMILES string of the molecule is COc1cccc(F)c1C1(C2=C(N3CCN(C)CC3)CC(Cl)(c3cnccc3C#N)C=C2)N=C(C(N)=O)C=CN1. The van der Waals surface area contributed by atoms with Gasteiger partial charge in [0.2, 0.25) is 0 Å². The molecule has 9 nitrogen and oxygen atoms in total. The van der Waals surface area contributed by atoms with Gasteiger partial charge in [-0.1, -0.05) is 18.2 Å². The maximum Gasteiger partial charge on any atom is 0.267 e. The number of nitriles is 1. The number of aliphatic imine (C=N–C) groups is 1. The summed E-state index contributed by atoms with van der Waals surface area (Å²) in [6, 6.07) is 8.35. The number of hydrogen-bond donors (Lipinski definition) is 2. The number of carbonyl (C=O) groups excluding carboxylic acids is 1. The molecule has 1 aromatic carbocycles. The van der Waals surface area contributed by atoms with E-state index in [1.165, 1.54) is 19.3 Å². The molecule has 40 heavy (non-hydrogen) atoms. The van der Waals surface area contributed by atoms with E-state index in [0.717, 1.165) is 18.8 Å². The molecule has 2 unspecified atom stereocenters. The van der Waals surface area contributed by atoms with Crippen LogP contribution in [0.25, 0.3) is 0 Å². The monoisotopic (exact) mass is 561 g/mol. The lowest BCUT2D eigenvalue weighted by molar-refractivity contribution is -0.112. The van der Waals surface area contributed by atoms with Crippen molar-refractivity contribution in [2.45, 2.75) is 17.0 Å². The Morgan fingerprint density at radius 2 is 2.02 bits per heavy atom. The van der Waals surface area contributed by atoms with Gasteiger partial charge in [-0.15, -0.1) is 11.6 Å². The molecule has 3 heterocycles. The Morgan fingerprint density at radius 1 is 1.25 bits per heavy atom. The summed E-state index contributed by atoms with van der Waals surface area (Å²) in [5.74, 6) is -1.08. The molecule has 3 aliphatic rings. The lowest BCUT2D eigenvalue weighted by atomic mass is 9.79. The lowest BCUT2D eigenvalue weighted by Crippen LogP contribution is -2.50. The minimum Gasteiger partial charge on any atom is -0.496 e. The fourth-order valence-electron chi connectivity index (χ4n) is 5.46. The second kappa shape index (κ2) is 10.8. The largest absolute Gasteiger partial charge is 0.496 e. The zero-order chi connectivity index (χ0) is 28.5. The second-order valence-electron chi connectivity index (χ2n) is 9.92. The molecule has 2 aliphatic heterocycles. The summed E-state index contributed by atoms with van der Waals surface area (Å²) in [7, 11) is 3.50. The summed E-state index contributed by atoms with van der Waals surface area (Å²) in [5, 5.41) is 13.0. The van der Waals surface area contributed by atoms with Gasteiger partial charge >= 0.3 is 0 Å². The maximum atomic E-state index is 15.8. The number of allylic oxidation sites excluding steroid dienone is 2. The van der Waals surface area contributed by atoms with E-state index in [9.17, 15) is 10.1 Å². The van der Waals surface area contributed by atoms with Crippen molar-refractivity contribution in [2.75, 3.05) is 40.3 Å². The highest BCUT2D eigenvalue weighted by molar-refractivity contribution is 6.43. The van der Waals surface area contributed by atoms with E-state index in [1.54, 1.807) is 48.9 Å². The number of nitrogens with two attached hydrogens (primary N) is 1. The molecule has 206 valence electrons. The fraction of sp³-hybridized carbons (Fsp3) is 0.310. The van der Waals surface area contributed by atoms with E-state index in [4.69, 9.17) is 27.1 Å². The van der Waals surface area contributed by atoms with E-state index >= 15 is 4.39 Å². The summed E-state index contributed by atoms with van der Waals surface area (Å²) in [6.07, 6.45) is 9.97. The number of pyridine rings is 1. The summed E-state index contributed by atoms with van der Waals surface area (Å²) in [5.41, 5.74) is 6.50. The number of amides is 1. The first kappa shape index (κ1) is 27.4. The first-order chi connectivity index (χ1) is 19.2. The predicted molar refractivity (Wildman–Crippen MR) is 150 cm³/mol. The topological polar surface area (TPSA) is 120 Å². The highest BCUT2D eigenvalue weighted by Crippen LogP contribution is 2.49. The Balaban J connectivity index is 1.78. The number of nitrogens with zero attached hydrogens (tertiary/aromatic N) is 5. The van der Waals surface area contributed by atoms with Crippen LogP contribution < -0.4 is 15.8 Å². The van der Waals surface area contributed by atoms with Gasteiger partial charge in [-0.05, 0) is 31.3 Å². The van der Waals surface area contributed by atoms with Gasteiger partial charge in [0.1, 0.15) is 17.3 Å². The van der Waals surface area contributed by atoms with Crippen LogP contribution in [0.3, 0.4) is 0 Å². The van der Waals surface area contributed by atoms with Gasteiger partial charge in [0, 0.05) is 68.0 Å². The number of halogens is 2. The average Bonchev–Trinajstić information content (AvgIpc) is 2.97. The third-order valence-electron chi connectivity index (χ3n) is 7.54. The van der Waals surface area contributed by atoms with Crippen LogP contribution in [0, 0.1) is 17.1 Å². The molecule has 1 fully saturated rings. The Hall–Kier alpha value is -4.20. The van der Waals surface area contributed by atoms with E-state index in [-0.39, 0.29) is 23.4 Å². The first-order valence-corrected chi connectivity index (χ1v) is 13.2. The summed E-state index contributed by atoms with van der Waals surface area (Å²) in [6.45, 7) is 2.96. The summed E-state index contributed by atoms with van der Waals surface area (Å²) in [4.78, 5) is 24.7. The molecule has 0 spiro atoms. The Bertz CT molecular complexity index is 1510. The van der Waals surface area contributed by atoms with Gasteiger partial charge in [0.15, 0.2) is 5.66 Å². The molecule has 11 heteroatoms. The van der Waals surface area contributed by atoms with Gasteiger partial charge in [0.25, 0.3) is 5.91 Å². The van der Waals surface area contributed by atoms with Crippen LogP contribution in [0.2, 0.25) is 0 Å². The van der Waals surface area contributed by atoms with Crippen molar-refractivity contribution < 1.29 is 13.9 Å². The molecule has 1 aromatic heterocycles. The van der Waals surface area contributed by atoms with E-state index in [2.05, 4.69) is 33.2 Å². The van der Waals surface area contributed by atoms with Crippen molar-refractivity contribution in [1.29, 1.82) is 5.26 Å². The first-order valence-electron chi connectivity index (χ1n) is 12.8. The molecular weight excluding hydrogens is 533 g/mol. The number of methoxy groups -OCH3 is 1. The lowest BCUT2D eigenvalue weighted by Gasteiger charge is -2.45. The quantitative estimate of drug-likeness (QED) is 0.520. The number of alkyl halides is 1. The van der Waals surface area contributed by atoms with Crippen molar-refractivity contribution in [3.05, 3.63) is 94.9 Å². The van der Waals surface area contributed by atoms with Gasteiger partial charge in [-0.3, -0.25) is 9.78 Å². The molecule has 1 amide bonds. The number of piperazine rings is 1. The summed E-state index contributed by atoms with van der Waals surface area (Å²) >= 11 is 7.30. The number of aromatic nitrogens is 1. The molecule has 1 saturated heterocycles. The van der Waals surface area contributed by atoms with Crippen LogP contribution in [-0.4, -0.2) is 66.7 Å². The zero-order valence-corrected chi connectivity index (χ0v) is 23.0. The minimum absolute atomic E-state index is 0.0237. The van der Waals surface area contributed by atoms with Crippen LogP contribution in [0.1, 0.15) is 23.1 Å². The highest BCUT2D eigenvalue weighted by atomic mass is 35.5. The number of hydrogen-bond acceptors (Lipinski definition) is 8. The average molecular weight is 562 g/mol. The van der Waals surface area contributed by atoms with Gasteiger partial charge in [-0.2, -0.15) is 5.26 Å². The Labute approximate surface area is 237 Å². The molecule has 2 aromatic rings. The summed E-state index contributed by atoms with van der Waals surface area (Å²) < 4.78 is 21.4. The zero-order valence-electron chi connectivity index (χ0n) is 22.2. The number of ether oxygens (including phenoxy) is 1. The number of primary amides is 1. The van der Waals surface area contributed by atoms with Crippen LogP contribution in [0.4, 0.5) is 4.39 Å². The number of rotatable bonds is 6. The highest BCUT2D eigenvalue weighted by Gasteiger charge is 2.47. The van der Waals surface area contributed by atoms with Crippen molar-refractivity contribution in [3.8, 4) is 11.8 Å². The minimum atomic E-state index is -1.60. The number of carbonyl (C=O) groups is 1. The molecule has 0 radical (unpaired) electrons. The predicted octanol–water partition coefficient (Wildman–Crippen LogP) is 2.89. The number of nitrogens with one attached hydrogen (secondary N) is 1. The Morgan fingerprint density at radius 3 is 2.73 bits per heavy atom.